The van der Waals surface area contributed by atoms with Gasteiger partial charge in [-0.2, -0.15) is 0 Å². The van der Waals surface area contributed by atoms with Crippen molar-refractivity contribution in [3.63, 3.8) is 0 Å². The number of nitrogens with zero attached hydrogens (tertiary/aromatic N) is 3. The molecule has 3 rings (SSSR count). The van der Waals surface area contributed by atoms with Crippen LogP contribution in [0.3, 0.4) is 0 Å². The van der Waals surface area contributed by atoms with Crippen LogP contribution in [0.2, 0.25) is 0 Å². The highest BCUT2D eigenvalue weighted by atomic mass is 15.2. The lowest BCUT2D eigenvalue weighted by atomic mass is 10.0. The zero-order valence-corrected chi connectivity index (χ0v) is 12.3. The summed E-state index contributed by atoms with van der Waals surface area (Å²) in [4.78, 5) is 11.2. The molecule has 20 heavy (non-hydrogen) atoms. The predicted octanol–water partition coefficient (Wildman–Crippen LogP) is 3.23. The van der Waals surface area contributed by atoms with E-state index in [4.69, 9.17) is 0 Å². The normalized spacial score (nSPS) is 26.6. The average Bonchev–Trinajstić information content (AvgIpc) is 2.49. The molecule has 4 nitrogen and oxygen atoms in total. The molecule has 1 fully saturated rings. The summed E-state index contributed by atoms with van der Waals surface area (Å²) in [6.45, 7) is 4.55. The van der Waals surface area contributed by atoms with E-state index >= 15 is 0 Å². The summed E-state index contributed by atoms with van der Waals surface area (Å²) in [5.41, 5.74) is 0. The topological polar surface area (TPSA) is 41.0 Å². The van der Waals surface area contributed by atoms with Crippen LogP contribution >= 0.6 is 0 Å². The maximum absolute atomic E-state index is 4.45. The Kier molecular flexibility index (Phi) is 4.19. The van der Waals surface area contributed by atoms with Crippen LogP contribution in [0.15, 0.2) is 24.5 Å². The summed E-state index contributed by atoms with van der Waals surface area (Å²) in [5, 5.41) is 3.54. The lowest BCUT2D eigenvalue weighted by Gasteiger charge is -2.32. The summed E-state index contributed by atoms with van der Waals surface area (Å²) >= 11 is 0. The number of nitrogens with one attached hydrogen (secondary N) is 1. The van der Waals surface area contributed by atoms with Crippen molar-refractivity contribution in [2.45, 2.75) is 45.1 Å². The summed E-state index contributed by atoms with van der Waals surface area (Å²) in [6, 6.07) is 2.62. The van der Waals surface area contributed by atoms with Crippen molar-refractivity contribution in [1.82, 2.24) is 9.97 Å². The molecule has 1 aliphatic heterocycles. The molecule has 2 aliphatic rings. The molecule has 1 aromatic rings. The molecule has 2 atom stereocenters. The van der Waals surface area contributed by atoms with Gasteiger partial charge in [-0.25, -0.2) is 9.97 Å². The van der Waals surface area contributed by atoms with E-state index in [0.29, 0.717) is 6.04 Å². The van der Waals surface area contributed by atoms with Crippen LogP contribution < -0.4 is 10.2 Å². The van der Waals surface area contributed by atoms with Crippen LogP contribution in [-0.2, 0) is 0 Å². The minimum Gasteiger partial charge on any atom is -0.367 e. The van der Waals surface area contributed by atoms with Crippen molar-refractivity contribution in [3.8, 4) is 0 Å². The number of hydrogen-bond acceptors (Lipinski definition) is 4. The molecule has 0 amide bonds. The van der Waals surface area contributed by atoms with Crippen LogP contribution in [-0.4, -0.2) is 29.1 Å². The molecule has 0 bridgehead atoms. The van der Waals surface area contributed by atoms with Gasteiger partial charge in [-0.3, -0.25) is 0 Å². The number of hydrogen-bond donors (Lipinski definition) is 1. The van der Waals surface area contributed by atoms with Gasteiger partial charge in [-0.15, -0.1) is 0 Å². The van der Waals surface area contributed by atoms with Gasteiger partial charge in [0, 0.05) is 25.2 Å². The van der Waals surface area contributed by atoms with E-state index in [2.05, 4.69) is 45.3 Å². The zero-order valence-electron chi connectivity index (χ0n) is 12.3. The number of piperidine rings is 1. The average molecular weight is 272 g/mol. The van der Waals surface area contributed by atoms with Crippen molar-refractivity contribution >= 4 is 11.6 Å². The molecule has 108 valence electrons. The lowest BCUT2D eigenvalue weighted by Crippen LogP contribution is -2.35. The first-order chi connectivity index (χ1) is 9.81. The molecule has 1 saturated heterocycles. The van der Waals surface area contributed by atoms with Gasteiger partial charge in [0.15, 0.2) is 0 Å². The highest BCUT2D eigenvalue weighted by Gasteiger charge is 2.18. The van der Waals surface area contributed by atoms with E-state index in [0.717, 1.165) is 37.1 Å². The van der Waals surface area contributed by atoms with Gasteiger partial charge in [0.25, 0.3) is 0 Å². The van der Waals surface area contributed by atoms with Crippen molar-refractivity contribution in [1.29, 1.82) is 0 Å². The Morgan fingerprint density at radius 3 is 3.00 bits per heavy atom. The van der Waals surface area contributed by atoms with Gasteiger partial charge in [-0.1, -0.05) is 19.1 Å². The Balaban J connectivity index is 1.67. The molecular weight excluding hydrogens is 248 g/mol. The van der Waals surface area contributed by atoms with Crippen LogP contribution in [0.1, 0.15) is 39.0 Å². The number of aromatic nitrogens is 2. The fraction of sp³-hybridized carbons (Fsp3) is 0.625. The largest absolute Gasteiger partial charge is 0.367 e. The van der Waals surface area contributed by atoms with E-state index in [1.807, 2.05) is 0 Å². The lowest BCUT2D eigenvalue weighted by molar-refractivity contribution is 0.444. The Hall–Kier alpha value is -1.58. The highest BCUT2D eigenvalue weighted by Crippen LogP contribution is 2.23. The van der Waals surface area contributed by atoms with Crippen molar-refractivity contribution in [3.05, 3.63) is 24.5 Å². The molecule has 0 saturated carbocycles. The SMILES string of the molecule is CC1CCCN(c2cc(NC3CC=CCC3)ncn2)C1. The molecule has 0 spiro atoms. The van der Waals surface area contributed by atoms with E-state index in [9.17, 15) is 0 Å². The second kappa shape index (κ2) is 6.25. The summed E-state index contributed by atoms with van der Waals surface area (Å²) in [5.74, 6) is 2.80. The summed E-state index contributed by atoms with van der Waals surface area (Å²) in [7, 11) is 0. The first kappa shape index (κ1) is 13.4. The van der Waals surface area contributed by atoms with Crippen LogP contribution in [0, 0.1) is 5.92 Å². The Morgan fingerprint density at radius 2 is 2.20 bits per heavy atom. The fourth-order valence-corrected chi connectivity index (χ4v) is 3.13. The van der Waals surface area contributed by atoms with Gasteiger partial charge >= 0.3 is 0 Å². The van der Waals surface area contributed by atoms with Crippen LogP contribution in [0.25, 0.3) is 0 Å². The fourth-order valence-electron chi connectivity index (χ4n) is 3.13. The Bertz CT molecular complexity index is 471. The van der Waals surface area contributed by atoms with Gasteiger partial charge in [0.2, 0.25) is 0 Å². The predicted molar refractivity (Wildman–Crippen MR) is 83.0 cm³/mol. The maximum Gasteiger partial charge on any atom is 0.134 e. The van der Waals surface area contributed by atoms with Gasteiger partial charge in [0.1, 0.15) is 18.0 Å². The van der Waals surface area contributed by atoms with Gasteiger partial charge in [-0.05, 0) is 38.0 Å². The van der Waals surface area contributed by atoms with Gasteiger partial charge in [0.05, 0.1) is 0 Å². The highest BCUT2D eigenvalue weighted by molar-refractivity contribution is 5.49. The first-order valence-corrected chi connectivity index (χ1v) is 7.80. The number of allylic oxidation sites excluding steroid dienone is 1. The third-order valence-electron chi connectivity index (χ3n) is 4.25. The minimum absolute atomic E-state index is 0.517. The third kappa shape index (κ3) is 3.30. The number of anilines is 2. The molecule has 0 radical (unpaired) electrons. The molecular formula is C16H24N4. The Morgan fingerprint density at radius 1 is 1.25 bits per heavy atom. The standard InChI is InChI=1S/C16H24N4/c1-13-6-5-9-20(11-13)16-10-15(17-12-18-16)19-14-7-3-2-4-8-14/h2-3,10,12-14H,4-9,11H2,1H3,(H,17,18,19). The van der Waals surface area contributed by atoms with Crippen molar-refractivity contribution in [2.75, 3.05) is 23.3 Å². The number of rotatable bonds is 3. The molecule has 1 aromatic heterocycles. The van der Waals surface area contributed by atoms with E-state index in [1.54, 1.807) is 6.33 Å². The molecule has 0 aromatic carbocycles. The van der Waals surface area contributed by atoms with Crippen LogP contribution in [0.4, 0.5) is 11.6 Å². The van der Waals surface area contributed by atoms with E-state index < -0.39 is 0 Å². The molecule has 1 N–H and O–H groups in total. The monoisotopic (exact) mass is 272 g/mol. The van der Waals surface area contributed by atoms with E-state index in [1.165, 1.54) is 25.7 Å². The second-order valence-electron chi connectivity index (χ2n) is 6.08. The second-order valence-corrected chi connectivity index (χ2v) is 6.08. The smallest absolute Gasteiger partial charge is 0.134 e. The minimum atomic E-state index is 0.517. The summed E-state index contributed by atoms with van der Waals surface area (Å²) < 4.78 is 0. The molecule has 2 unspecified atom stereocenters. The van der Waals surface area contributed by atoms with Crippen molar-refractivity contribution in [2.24, 2.45) is 5.92 Å². The molecule has 4 heteroatoms. The molecule has 2 heterocycles. The molecule has 1 aliphatic carbocycles. The maximum atomic E-state index is 4.45. The third-order valence-corrected chi connectivity index (χ3v) is 4.25. The van der Waals surface area contributed by atoms with Crippen molar-refractivity contribution < 1.29 is 0 Å². The zero-order chi connectivity index (χ0) is 13.8. The Labute approximate surface area is 121 Å². The van der Waals surface area contributed by atoms with Crippen LogP contribution in [0.5, 0.6) is 0 Å². The quantitative estimate of drug-likeness (QED) is 0.858. The van der Waals surface area contributed by atoms with Gasteiger partial charge < -0.3 is 10.2 Å². The summed E-state index contributed by atoms with van der Waals surface area (Å²) in [6.07, 6.45) is 12.3. The van der Waals surface area contributed by atoms with E-state index in [-0.39, 0.29) is 0 Å². The first-order valence-electron chi connectivity index (χ1n) is 7.80.